The average molecular weight is 591 g/mol. The van der Waals surface area contributed by atoms with E-state index in [1.54, 1.807) is 4.90 Å². The summed E-state index contributed by atoms with van der Waals surface area (Å²) in [5, 5.41) is 9.12. The molecule has 2 aliphatic rings. The minimum atomic E-state index is -0.485. The summed E-state index contributed by atoms with van der Waals surface area (Å²) in [6.45, 7) is 10.1. The van der Waals surface area contributed by atoms with Crippen molar-refractivity contribution in [1.29, 1.82) is 5.26 Å². The zero-order valence-corrected chi connectivity index (χ0v) is 25.6. The van der Waals surface area contributed by atoms with Crippen LogP contribution in [0, 0.1) is 11.3 Å². The number of imidazole rings is 1. The fourth-order valence-corrected chi connectivity index (χ4v) is 6.10. The maximum absolute atomic E-state index is 13.4. The number of ether oxygens (including phenoxy) is 1. The standard InChI is InChI=1S/C35H38N6O3/c1-35(2,3)44-34(43)40-20-18-38(19-21-40)30-14-16-39(17-15-30)33(42)28-10-8-26(9-11-28)29-12-13-32-37-23-31(41(32)24-29)27-6-4-25(22-36)5-7-27/h4-13,23-24,30H,14-21H2,1-3H3. The first-order valence-corrected chi connectivity index (χ1v) is 15.3. The lowest BCUT2D eigenvalue weighted by Crippen LogP contribution is -2.55. The van der Waals surface area contributed by atoms with Gasteiger partial charge in [-0.15, -0.1) is 0 Å². The molecule has 0 aliphatic carbocycles. The summed E-state index contributed by atoms with van der Waals surface area (Å²) in [5.74, 6) is 0.0675. The number of likely N-dealkylation sites (tertiary alicyclic amines) is 1. The Morgan fingerprint density at radius 2 is 1.45 bits per heavy atom. The first-order chi connectivity index (χ1) is 21.2. The van der Waals surface area contributed by atoms with Gasteiger partial charge in [0.05, 0.1) is 23.5 Å². The van der Waals surface area contributed by atoms with Gasteiger partial charge in [-0.2, -0.15) is 5.26 Å². The molecule has 4 heterocycles. The maximum Gasteiger partial charge on any atom is 0.410 e. The van der Waals surface area contributed by atoms with Crippen LogP contribution in [-0.2, 0) is 4.74 Å². The van der Waals surface area contributed by atoms with Crippen molar-refractivity contribution in [3.05, 3.63) is 84.2 Å². The second-order valence-electron chi connectivity index (χ2n) is 12.6. The Bertz CT molecular complexity index is 1680. The first-order valence-electron chi connectivity index (χ1n) is 15.3. The Hall–Kier alpha value is -4.68. The molecule has 0 atom stereocenters. The minimum Gasteiger partial charge on any atom is -0.444 e. The molecule has 9 heteroatoms. The quantitative estimate of drug-likeness (QED) is 0.303. The van der Waals surface area contributed by atoms with Crippen LogP contribution >= 0.6 is 0 Å². The smallest absolute Gasteiger partial charge is 0.410 e. The molecule has 226 valence electrons. The number of carbonyl (C=O) groups excluding carboxylic acids is 2. The van der Waals surface area contributed by atoms with Crippen LogP contribution in [0.15, 0.2) is 73.1 Å². The van der Waals surface area contributed by atoms with Gasteiger partial charge < -0.3 is 14.5 Å². The average Bonchev–Trinajstić information content (AvgIpc) is 3.47. The fraction of sp³-hybridized carbons (Fsp3) is 0.371. The third-order valence-corrected chi connectivity index (χ3v) is 8.51. The van der Waals surface area contributed by atoms with E-state index in [2.05, 4.69) is 26.6 Å². The topological polar surface area (TPSA) is 94.2 Å². The van der Waals surface area contributed by atoms with Crippen LogP contribution in [0.1, 0.15) is 49.5 Å². The Morgan fingerprint density at radius 3 is 2.09 bits per heavy atom. The predicted molar refractivity (Wildman–Crippen MR) is 169 cm³/mol. The van der Waals surface area contributed by atoms with Crippen LogP contribution in [0.4, 0.5) is 4.79 Å². The minimum absolute atomic E-state index is 0.0675. The molecule has 44 heavy (non-hydrogen) atoms. The lowest BCUT2D eigenvalue weighted by Gasteiger charge is -2.42. The molecule has 2 amide bonds. The number of hydrogen-bond donors (Lipinski definition) is 0. The number of benzene rings is 2. The highest BCUT2D eigenvalue weighted by molar-refractivity contribution is 5.94. The van der Waals surface area contributed by atoms with Gasteiger partial charge in [0.1, 0.15) is 11.2 Å². The predicted octanol–water partition coefficient (Wildman–Crippen LogP) is 5.70. The zero-order chi connectivity index (χ0) is 30.8. The van der Waals surface area contributed by atoms with Gasteiger partial charge in [0.2, 0.25) is 0 Å². The van der Waals surface area contributed by atoms with Gasteiger partial charge in [-0.1, -0.05) is 24.3 Å². The number of pyridine rings is 1. The van der Waals surface area contributed by atoms with Crippen molar-refractivity contribution in [1.82, 2.24) is 24.1 Å². The van der Waals surface area contributed by atoms with Crippen molar-refractivity contribution >= 4 is 17.6 Å². The molecule has 6 rings (SSSR count). The Labute approximate surface area is 258 Å². The third-order valence-electron chi connectivity index (χ3n) is 8.51. The van der Waals surface area contributed by atoms with Crippen molar-refractivity contribution in [2.75, 3.05) is 39.3 Å². The first kappa shape index (κ1) is 29.4. The summed E-state index contributed by atoms with van der Waals surface area (Å²) in [4.78, 5) is 36.5. The summed E-state index contributed by atoms with van der Waals surface area (Å²) in [6.07, 6.45) is 5.53. The Balaban J connectivity index is 1.05. The Kier molecular flexibility index (Phi) is 8.11. The lowest BCUT2D eigenvalue weighted by molar-refractivity contribution is 0.00577. The van der Waals surface area contributed by atoms with Crippen LogP contribution in [0.25, 0.3) is 28.0 Å². The van der Waals surface area contributed by atoms with Gasteiger partial charge in [0.15, 0.2) is 0 Å². The van der Waals surface area contributed by atoms with E-state index in [0.717, 1.165) is 67.1 Å². The highest BCUT2D eigenvalue weighted by atomic mass is 16.6. The van der Waals surface area contributed by atoms with Gasteiger partial charge >= 0.3 is 6.09 Å². The number of rotatable bonds is 4. The van der Waals surface area contributed by atoms with Gasteiger partial charge in [-0.3, -0.25) is 14.1 Å². The molecular weight excluding hydrogens is 552 g/mol. The Morgan fingerprint density at radius 1 is 0.818 bits per heavy atom. The van der Waals surface area contributed by atoms with Gasteiger partial charge in [-0.25, -0.2) is 9.78 Å². The van der Waals surface area contributed by atoms with Crippen LogP contribution in [0.2, 0.25) is 0 Å². The molecule has 2 saturated heterocycles. The summed E-state index contributed by atoms with van der Waals surface area (Å²) < 4.78 is 7.58. The normalized spacial score (nSPS) is 16.6. The second-order valence-corrected chi connectivity index (χ2v) is 12.6. The lowest BCUT2D eigenvalue weighted by atomic mass is 10.0. The number of piperazine rings is 1. The van der Waals surface area contributed by atoms with Crippen molar-refractivity contribution in [3.63, 3.8) is 0 Å². The molecule has 0 radical (unpaired) electrons. The molecule has 2 aromatic heterocycles. The summed E-state index contributed by atoms with van der Waals surface area (Å²) in [7, 11) is 0. The molecule has 0 spiro atoms. The van der Waals surface area contributed by atoms with Gasteiger partial charge in [0, 0.05) is 62.6 Å². The maximum atomic E-state index is 13.4. The van der Waals surface area contributed by atoms with Crippen LogP contribution in [0.3, 0.4) is 0 Å². The largest absolute Gasteiger partial charge is 0.444 e. The monoisotopic (exact) mass is 590 g/mol. The number of hydrogen-bond acceptors (Lipinski definition) is 6. The zero-order valence-electron chi connectivity index (χ0n) is 25.6. The van der Waals surface area contributed by atoms with Crippen molar-refractivity contribution < 1.29 is 14.3 Å². The highest BCUT2D eigenvalue weighted by Gasteiger charge is 2.31. The van der Waals surface area contributed by atoms with E-state index < -0.39 is 5.60 Å². The number of nitrogens with zero attached hydrogens (tertiary/aromatic N) is 6. The van der Waals surface area contributed by atoms with Crippen molar-refractivity contribution in [2.24, 2.45) is 0 Å². The van der Waals surface area contributed by atoms with Crippen LogP contribution in [0.5, 0.6) is 0 Å². The third kappa shape index (κ3) is 6.31. The highest BCUT2D eigenvalue weighted by Crippen LogP contribution is 2.27. The van der Waals surface area contributed by atoms with E-state index in [0.29, 0.717) is 30.3 Å². The summed E-state index contributed by atoms with van der Waals surface area (Å²) in [6, 6.07) is 21.9. The van der Waals surface area contributed by atoms with E-state index in [4.69, 9.17) is 10.00 Å². The number of aromatic nitrogens is 2. The number of carbonyl (C=O) groups is 2. The van der Waals surface area contributed by atoms with E-state index >= 15 is 0 Å². The van der Waals surface area contributed by atoms with Crippen molar-refractivity contribution in [2.45, 2.75) is 45.3 Å². The van der Waals surface area contributed by atoms with E-state index in [9.17, 15) is 9.59 Å². The van der Waals surface area contributed by atoms with Crippen LogP contribution in [-0.4, -0.2) is 87.0 Å². The van der Waals surface area contributed by atoms with E-state index in [1.807, 2.05) is 92.5 Å². The van der Waals surface area contributed by atoms with Gasteiger partial charge in [-0.05, 0) is 81.1 Å². The molecule has 0 saturated carbocycles. The number of amides is 2. The summed E-state index contributed by atoms with van der Waals surface area (Å²) in [5.41, 5.74) is 5.66. The molecular formula is C35H38N6O3. The molecule has 0 N–H and O–H groups in total. The van der Waals surface area contributed by atoms with E-state index in [1.165, 1.54) is 0 Å². The number of nitriles is 1. The van der Waals surface area contributed by atoms with Crippen molar-refractivity contribution in [3.8, 4) is 28.5 Å². The number of piperidine rings is 1. The molecule has 2 aromatic carbocycles. The molecule has 0 bridgehead atoms. The molecule has 2 aliphatic heterocycles. The SMILES string of the molecule is CC(C)(C)OC(=O)N1CCN(C2CCN(C(=O)c3ccc(-c4ccc5ncc(-c6ccc(C#N)cc6)n5c4)cc3)CC2)CC1. The molecule has 4 aromatic rings. The summed E-state index contributed by atoms with van der Waals surface area (Å²) >= 11 is 0. The molecule has 9 nitrogen and oxygen atoms in total. The van der Waals surface area contributed by atoms with Gasteiger partial charge in [0.25, 0.3) is 5.91 Å². The molecule has 0 unspecified atom stereocenters. The molecule has 2 fully saturated rings. The number of fused-ring (bicyclic) bond motifs is 1. The fourth-order valence-electron chi connectivity index (χ4n) is 6.10. The van der Waals surface area contributed by atoms with E-state index in [-0.39, 0.29) is 12.0 Å². The van der Waals surface area contributed by atoms with Crippen LogP contribution < -0.4 is 0 Å². The second kappa shape index (κ2) is 12.1.